The fraction of sp³-hybridized carbons (Fsp3) is 0.400. The van der Waals surface area contributed by atoms with Crippen LogP contribution in [0.25, 0.3) is 10.8 Å². The number of nitrogens with zero attached hydrogens (tertiary/aromatic N) is 2. The van der Waals surface area contributed by atoms with Crippen molar-refractivity contribution in [2.24, 2.45) is 0 Å². The zero-order valence-electron chi connectivity index (χ0n) is 11.9. The fourth-order valence-electron chi connectivity index (χ4n) is 3.62. The van der Waals surface area contributed by atoms with Gasteiger partial charge in [0.2, 0.25) is 10.0 Å². The molecule has 1 aromatic heterocycles. The summed E-state index contributed by atoms with van der Waals surface area (Å²) >= 11 is 0. The summed E-state index contributed by atoms with van der Waals surface area (Å²) in [6, 6.07) is 4.99. The lowest BCUT2D eigenvalue weighted by Crippen LogP contribution is -2.38. The van der Waals surface area contributed by atoms with Crippen LogP contribution in [0.15, 0.2) is 35.5 Å². The van der Waals surface area contributed by atoms with E-state index in [2.05, 4.69) is 10.3 Å². The summed E-state index contributed by atoms with van der Waals surface area (Å²) in [5.74, 6) is -0.600. The number of rotatable bonds is 2. The number of hydrogen-bond acceptors (Lipinski definition) is 4. The van der Waals surface area contributed by atoms with Gasteiger partial charge in [-0.2, -0.15) is 4.31 Å². The summed E-state index contributed by atoms with van der Waals surface area (Å²) in [7, 11) is -3.72. The molecule has 2 unspecified atom stereocenters. The van der Waals surface area contributed by atoms with Crippen LogP contribution in [0.1, 0.15) is 12.8 Å². The van der Waals surface area contributed by atoms with E-state index < -0.39 is 15.8 Å². The van der Waals surface area contributed by atoms with E-state index in [9.17, 15) is 12.8 Å². The Morgan fingerprint density at radius 1 is 1.27 bits per heavy atom. The SMILES string of the molecule is O=S(=O)(c1cccc2cncc(F)c12)N1CCC2NCCC21. The lowest BCUT2D eigenvalue weighted by molar-refractivity contribution is 0.386. The number of pyridine rings is 1. The third kappa shape index (κ3) is 1.96. The number of sulfonamides is 1. The van der Waals surface area contributed by atoms with Crippen LogP contribution in [0.5, 0.6) is 0 Å². The molecule has 1 N–H and O–H groups in total. The molecule has 116 valence electrons. The van der Waals surface area contributed by atoms with Crippen LogP contribution in [0.2, 0.25) is 0 Å². The average molecular weight is 321 g/mol. The molecular formula is C15H16FN3O2S. The Bertz CT molecular complexity index is 835. The van der Waals surface area contributed by atoms with Gasteiger partial charge in [0.15, 0.2) is 5.82 Å². The Morgan fingerprint density at radius 2 is 2.14 bits per heavy atom. The standard InChI is InChI=1S/C15H16FN3O2S/c16-11-9-17-8-10-2-1-3-14(15(10)11)22(20,21)19-7-5-12-13(19)4-6-18-12/h1-3,8-9,12-13,18H,4-7H2. The molecule has 2 aliphatic rings. The molecule has 7 heteroatoms. The predicted molar refractivity (Wildman–Crippen MR) is 80.4 cm³/mol. The zero-order valence-corrected chi connectivity index (χ0v) is 12.7. The second kappa shape index (κ2) is 4.97. The first-order valence-electron chi connectivity index (χ1n) is 7.36. The minimum absolute atomic E-state index is 0.0230. The third-order valence-corrected chi connectivity index (χ3v) is 6.59. The molecule has 0 saturated carbocycles. The van der Waals surface area contributed by atoms with Crippen LogP contribution in [0.4, 0.5) is 4.39 Å². The summed E-state index contributed by atoms with van der Waals surface area (Å²) in [5.41, 5.74) is 0. The molecular weight excluding hydrogens is 305 g/mol. The van der Waals surface area contributed by atoms with Crippen molar-refractivity contribution in [3.63, 3.8) is 0 Å². The Kier molecular flexibility index (Phi) is 3.18. The first-order chi connectivity index (χ1) is 10.6. The minimum atomic E-state index is -3.72. The van der Waals surface area contributed by atoms with E-state index in [1.165, 1.54) is 16.6 Å². The van der Waals surface area contributed by atoms with Crippen LogP contribution in [-0.4, -0.2) is 42.9 Å². The summed E-state index contributed by atoms with van der Waals surface area (Å²) < 4.78 is 41.8. The number of hydrogen-bond donors (Lipinski definition) is 1. The van der Waals surface area contributed by atoms with Gasteiger partial charge in [0.25, 0.3) is 0 Å². The van der Waals surface area contributed by atoms with E-state index in [0.29, 0.717) is 11.9 Å². The smallest absolute Gasteiger partial charge is 0.244 e. The maximum atomic E-state index is 14.2. The van der Waals surface area contributed by atoms with Crippen molar-refractivity contribution < 1.29 is 12.8 Å². The predicted octanol–water partition coefficient (Wildman–Crippen LogP) is 1.50. The molecule has 2 saturated heterocycles. The minimum Gasteiger partial charge on any atom is -0.312 e. The third-order valence-electron chi connectivity index (χ3n) is 4.63. The van der Waals surface area contributed by atoms with E-state index >= 15 is 0 Å². The Labute approximate surface area is 128 Å². The lowest BCUT2D eigenvalue weighted by Gasteiger charge is -2.23. The highest BCUT2D eigenvalue weighted by atomic mass is 32.2. The summed E-state index contributed by atoms with van der Waals surface area (Å²) in [6.45, 7) is 1.31. The Hall–Kier alpha value is -1.57. The number of fused-ring (bicyclic) bond motifs is 2. The highest BCUT2D eigenvalue weighted by Crippen LogP contribution is 2.34. The van der Waals surface area contributed by atoms with Crippen LogP contribution < -0.4 is 5.32 Å². The molecule has 0 amide bonds. The van der Waals surface area contributed by atoms with Crippen molar-refractivity contribution in [2.75, 3.05) is 13.1 Å². The fourth-order valence-corrected chi connectivity index (χ4v) is 5.55. The van der Waals surface area contributed by atoms with Gasteiger partial charge in [-0.3, -0.25) is 4.98 Å². The van der Waals surface area contributed by atoms with Crippen LogP contribution in [0.3, 0.4) is 0 Å². The normalized spacial score (nSPS) is 25.7. The highest BCUT2D eigenvalue weighted by Gasteiger charge is 2.44. The van der Waals surface area contributed by atoms with Crippen molar-refractivity contribution in [1.82, 2.24) is 14.6 Å². The molecule has 4 rings (SSSR count). The molecule has 2 aliphatic heterocycles. The monoisotopic (exact) mass is 321 g/mol. The summed E-state index contributed by atoms with van der Waals surface area (Å²) in [6.07, 6.45) is 4.16. The van der Waals surface area contributed by atoms with Crippen LogP contribution in [-0.2, 0) is 10.0 Å². The molecule has 0 radical (unpaired) electrons. The summed E-state index contributed by atoms with van der Waals surface area (Å²) in [4.78, 5) is 3.83. The molecule has 0 spiro atoms. The van der Waals surface area contributed by atoms with E-state index in [1.54, 1.807) is 12.1 Å². The molecule has 1 aromatic carbocycles. The van der Waals surface area contributed by atoms with Crippen molar-refractivity contribution in [3.05, 3.63) is 36.4 Å². The molecule has 2 fully saturated rings. The van der Waals surface area contributed by atoms with Gasteiger partial charge in [-0.25, -0.2) is 12.8 Å². The molecule has 2 atom stereocenters. The van der Waals surface area contributed by atoms with Gasteiger partial charge in [0.1, 0.15) is 0 Å². The molecule has 0 bridgehead atoms. The van der Waals surface area contributed by atoms with Gasteiger partial charge >= 0.3 is 0 Å². The number of halogens is 1. The number of benzene rings is 1. The van der Waals surface area contributed by atoms with Crippen molar-refractivity contribution >= 4 is 20.8 Å². The molecule has 0 aliphatic carbocycles. The van der Waals surface area contributed by atoms with E-state index in [1.807, 2.05) is 0 Å². The second-order valence-electron chi connectivity index (χ2n) is 5.80. The maximum Gasteiger partial charge on any atom is 0.244 e. The van der Waals surface area contributed by atoms with Gasteiger partial charge in [-0.15, -0.1) is 0 Å². The second-order valence-corrected chi connectivity index (χ2v) is 7.66. The van der Waals surface area contributed by atoms with Gasteiger partial charge in [0.05, 0.1) is 11.1 Å². The van der Waals surface area contributed by atoms with Crippen molar-refractivity contribution in [3.8, 4) is 0 Å². The van der Waals surface area contributed by atoms with Crippen molar-refractivity contribution in [2.45, 2.75) is 29.8 Å². The zero-order chi connectivity index (χ0) is 15.3. The maximum absolute atomic E-state index is 14.2. The highest BCUT2D eigenvalue weighted by molar-refractivity contribution is 7.89. The molecule has 22 heavy (non-hydrogen) atoms. The van der Waals surface area contributed by atoms with Gasteiger partial charge in [-0.05, 0) is 25.5 Å². The van der Waals surface area contributed by atoms with Gasteiger partial charge in [-0.1, -0.05) is 12.1 Å². The van der Waals surface area contributed by atoms with Crippen LogP contribution >= 0.6 is 0 Å². The average Bonchev–Trinajstić information content (AvgIpc) is 3.09. The van der Waals surface area contributed by atoms with E-state index in [4.69, 9.17) is 0 Å². The van der Waals surface area contributed by atoms with E-state index in [0.717, 1.165) is 25.6 Å². The quantitative estimate of drug-likeness (QED) is 0.910. The lowest BCUT2D eigenvalue weighted by atomic mass is 10.1. The molecule has 2 aromatic rings. The summed E-state index contributed by atoms with van der Waals surface area (Å²) in [5, 5.41) is 3.96. The van der Waals surface area contributed by atoms with Crippen LogP contribution in [0, 0.1) is 5.82 Å². The Balaban J connectivity index is 1.88. The topological polar surface area (TPSA) is 62.3 Å². The Morgan fingerprint density at radius 3 is 3.00 bits per heavy atom. The largest absolute Gasteiger partial charge is 0.312 e. The first kappa shape index (κ1) is 14.0. The number of aromatic nitrogens is 1. The van der Waals surface area contributed by atoms with Gasteiger partial charge in [0, 0.05) is 35.6 Å². The van der Waals surface area contributed by atoms with Crippen molar-refractivity contribution in [1.29, 1.82) is 0 Å². The first-order valence-corrected chi connectivity index (χ1v) is 8.80. The molecule has 5 nitrogen and oxygen atoms in total. The van der Waals surface area contributed by atoms with E-state index in [-0.39, 0.29) is 22.4 Å². The molecule has 3 heterocycles. The number of nitrogens with one attached hydrogen (secondary N) is 1. The van der Waals surface area contributed by atoms with Gasteiger partial charge < -0.3 is 5.32 Å².